The summed E-state index contributed by atoms with van der Waals surface area (Å²) in [5.41, 5.74) is 4.34. The van der Waals surface area contributed by atoms with Crippen molar-refractivity contribution in [2.24, 2.45) is 17.6 Å². The molecule has 1 amide bonds. The molecule has 1 rings (SSSR count). The average molecular weight is 335 g/mol. The molecule has 0 bridgehead atoms. The van der Waals surface area contributed by atoms with Crippen LogP contribution < -0.4 is 5.73 Å². The van der Waals surface area contributed by atoms with Crippen LogP contribution in [0.2, 0.25) is 0 Å². The van der Waals surface area contributed by atoms with Gasteiger partial charge in [0.15, 0.2) is 0 Å². The van der Waals surface area contributed by atoms with Gasteiger partial charge in [0.2, 0.25) is 0 Å². The standard InChI is InChI=1S/C13H23NO2S.CH3NOS/c1-10(15)12(9-16-13(17)14(2)3)11-7-5-4-6-8-11;2-1(3)4/h11-12H,4-9H2,1-3H3;(H3,2,3,4). The maximum absolute atomic E-state index is 11.7. The molecule has 21 heavy (non-hydrogen) atoms. The molecule has 1 atom stereocenters. The van der Waals surface area contributed by atoms with Gasteiger partial charge >= 0.3 is 0 Å². The summed E-state index contributed by atoms with van der Waals surface area (Å²) in [6, 6.07) is 0. The van der Waals surface area contributed by atoms with Crippen LogP contribution in [0.15, 0.2) is 0 Å². The minimum atomic E-state index is -0.639. The van der Waals surface area contributed by atoms with Crippen molar-refractivity contribution >= 4 is 41.0 Å². The van der Waals surface area contributed by atoms with Crippen molar-refractivity contribution in [1.82, 2.24) is 4.90 Å². The summed E-state index contributed by atoms with van der Waals surface area (Å²) < 4.78 is 5.52. The third-order valence-corrected chi connectivity index (χ3v) is 3.98. The molecule has 0 heterocycles. The number of carbonyl (C=O) groups is 2. The molecule has 7 heteroatoms. The highest BCUT2D eigenvalue weighted by Gasteiger charge is 2.28. The molecule has 2 N–H and O–H groups in total. The Kier molecular flexibility index (Phi) is 10.4. The van der Waals surface area contributed by atoms with E-state index in [-0.39, 0.29) is 11.7 Å². The van der Waals surface area contributed by atoms with Gasteiger partial charge in [-0.2, -0.15) is 0 Å². The number of nitrogens with zero attached hydrogens (tertiary/aromatic N) is 1. The number of ketones is 1. The Hall–Kier alpha value is -0.820. The first kappa shape index (κ1) is 20.2. The van der Waals surface area contributed by atoms with Crippen molar-refractivity contribution in [3.05, 3.63) is 0 Å². The van der Waals surface area contributed by atoms with E-state index < -0.39 is 5.24 Å². The maximum atomic E-state index is 11.7. The van der Waals surface area contributed by atoms with Gasteiger partial charge in [-0.05, 0) is 37.9 Å². The Morgan fingerprint density at radius 3 is 2.19 bits per heavy atom. The van der Waals surface area contributed by atoms with E-state index in [1.54, 1.807) is 11.8 Å². The summed E-state index contributed by atoms with van der Waals surface area (Å²) in [6.45, 7) is 2.11. The first-order valence-corrected chi connectivity index (χ1v) is 7.94. The second-order valence-electron chi connectivity index (χ2n) is 5.42. The number of thiol groups is 1. The lowest BCUT2D eigenvalue weighted by Crippen LogP contribution is -2.32. The molecule has 0 spiro atoms. The van der Waals surface area contributed by atoms with Gasteiger partial charge in [0.05, 0.1) is 5.92 Å². The molecule has 0 aromatic rings. The van der Waals surface area contributed by atoms with Crippen molar-refractivity contribution in [1.29, 1.82) is 0 Å². The van der Waals surface area contributed by atoms with Crippen LogP contribution in [-0.2, 0) is 9.53 Å². The van der Waals surface area contributed by atoms with Crippen LogP contribution in [0.4, 0.5) is 4.79 Å². The first-order valence-electron chi connectivity index (χ1n) is 7.08. The number of nitrogens with two attached hydrogens (primary N) is 1. The van der Waals surface area contributed by atoms with Gasteiger partial charge in [0, 0.05) is 14.1 Å². The Balaban J connectivity index is 0.000000885. The first-order chi connectivity index (χ1) is 9.75. The predicted molar refractivity (Wildman–Crippen MR) is 91.6 cm³/mol. The SMILES string of the molecule is CC(=O)C(COC(=S)N(C)C)C1CCCCC1.NC(=O)S. The minimum absolute atomic E-state index is 0.0215. The molecular weight excluding hydrogens is 308 g/mol. The van der Waals surface area contributed by atoms with Crippen LogP contribution in [0.1, 0.15) is 39.0 Å². The minimum Gasteiger partial charge on any atom is -0.470 e. The third kappa shape index (κ3) is 9.68. The average Bonchev–Trinajstić information content (AvgIpc) is 2.38. The van der Waals surface area contributed by atoms with Gasteiger partial charge in [-0.3, -0.25) is 9.59 Å². The largest absolute Gasteiger partial charge is 0.470 e. The van der Waals surface area contributed by atoms with Crippen molar-refractivity contribution in [3.63, 3.8) is 0 Å². The highest BCUT2D eigenvalue weighted by Crippen LogP contribution is 2.30. The summed E-state index contributed by atoms with van der Waals surface area (Å²) >= 11 is 8.18. The summed E-state index contributed by atoms with van der Waals surface area (Å²) in [5.74, 6) is 0.748. The maximum Gasteiger partial charge on any atom is 0.273 e. The molecule has 122 valence electrons. The lowest BCUT2D eigenvalue weighted by molar-refractivity contribution is -0.124. The second kappa shape index (κ2) is 10.8. The van der Waals surface area contributed by atoms with Gasteiger partial charge < -0.3 is 15.4 Å². The third-order valence-electron chi connectivity index (χ3n) is 3.49. The van der Waals surface area contributed by atoms with Gasteiger partial charge in [0.25, 0.3) is 10.4 Å². The molecule has 1 unspecified atom stereocenters. The van der Waals surface area contributed by atoms with E-state index in [2.05, 4.69) is 18.4 Å². The normalized spacial score (nSPS) is 16.2. The van der Waals surface area contributed by atoms with Crippen molar-refractivity contribution < 1.29 is 14.3 Å². The highest BCUT2D eigenvalue weighted by atomic mass is 32.1. The number of thiocarbonyl (C=S) groups is 1. The molecular formula is C14H26N2O3S2. The molecule has 1 fully saturated rings. The predicted octanol–water partition coefficient (Wildman–Crippen LogP) is 2.63. The number of primary amides is 1. The number of amides is 1. The van der Waals surface area contributed by atoms with Gasteiger partial charge in [-0.15, -0.1) is 0 Å². The number of carbonyl (C=O) groups excluding carboxylic acids is 2. The quantitative estimate of drug-likeness (QED) is 0.611. The van der Waals surface area contributed by atoms with Crippen LogP contribution in [0.5, 0.6) is 0 Å². The van der Waals surface area contributed by atoms with Crippen LogP contribution in [0.3, 0.4) is 0 Å². The topological polar surface area (TPSA) is 72.6 Å². The Labute approximate surface area is 138 Å². The highest BCUT2D eigenvalue weighted by molar-refractivity contribution is 7.96. The summed E-state index contributed by atoms with van der Waals surface area (Å²) in [7, 11) is 3.71. The van der Waals surface area contributed by atoms with Gasteiger partial charge in [-0.25, -0.2) is 0 Å². The molecule has 0 saturated heterocycles. The molecule has 5 nitrogen and oxygen atoms in total. The van der Waals surface area contributed by atoms with Gasteiger partial charge in [-0.1, -0.05) is 31.9 Å². The van der Waals surface area contributed by atoms with Crippen molar-refractivity contribution in [2.75, 3.05) is 20.7 Å². The van der Waals surface area contributed by atoms with Crippen molar-refractivity contribution in [2.45, 2.75) is 39.0 Å². The molecule has 1 aliphatic carbocycles. The van der Waals surface area contributed by atoms with E-state index in [1.807, 2.05) is 14.1 Å². The van der Waals surface area contributed by atoms with Crippen LogP contribution >= 0.6 is 24.8 Å². The monoisotopic (exact) mass is 334 g/mol. The molecule has 0 aromatic carbocycles. The zero-order valence-electron chi connectivity index (χ0n) is 13.0. The number of rotatable bonds is 4. The fourth-order valence-corrected chi connectivity index (χ4v) is 2.48. The molecule has 0 radical (unpaired) electrons. The Bertz CT molecular complexity index is 352. The lowest BCUT2D eigenvalue weighted by Gasteiger charge is -2.29. The number of hydrogen-bond acceptors (Lipinski definition) is 4. The number of ether oxygens (including phenoxy) is 1. The fraction of sp³-hybridized carbons (Fsp3) is 0.786. The smallest absolute Gasteiger partial charge is 0.273 e. The zero-order valence-corrected chi connectivity index (χ0v) is 14.7. The molecule has 0 aliphatic heterocycles. The second-order valence-corrected chi connectivity index (χ2v) is 6.21. The van der Waals surface area contributed by atoms with Crippen LogP contribution in [0.25, 0.3) is 0 Å². The van der Waals surface area contributed by atoms with Crippen LogP contribution in [-0.4, -0.2) is 41.8 Å². The van der Waals surface area contributed by atoms with E-state index in [0.29, 0.717) is 17.7 Å². The van der Waals surface area contributed by atoms with E-state index in [4.69, 9.17) is 21.7 Å². The Morgan fingerprint density at radius 2 is 1.81 bits per heavy atom. The number of hydrogen-bond donors (Lipinski definition) is 2. The van der Waals surface area contributed by atoms with E-state index in [9.17, 15) is 4.79 Å². The van der Waals surface area contributed by atoms with E-state index in [0.717, 1.165) is 12.8 Å². The molecule has 1 saturated carbocycles. The van der Waals surface area contributed by atoms with E-state index >= 15 is 0 Å². The number of Topliss-reactive ketones (excluding diaryl/α,β-unsaturated/α-hetero) is 1. The summed E-state index contributed by atoms with van der Waals surface area (Å²) in [5, 5.41) is -0.174. The molecule has 1 aliphatic rings. The lowest BCUT2D eigenvalue weighted by atomic mass is 9.79. The Morgan fingerprint density at radius 1 is 1.33 bits per heavy atom. The zero-order chi connectivity index (χ0) is 16.4. The van der Waals surface area contributed by atoms with Crippen molar-refractivity contribution in [3.8, 4) is 0 Å². The summed E-state index contributed by atoms with van der Waals surface area (Å²) in [4.78, 5) is 22.5. The summed E-state index contributed by atoms with van der Waals surface area (Å²) in [6.07, 6.45) is 6.10. The van der Waals surface area contributed by atoms with E-state index in [1.165, 1.54) is 19.3 Å². The van der Waals surface area contributed by atoms with Crippen LogP contribution in [0, 0.1) is 11.8 Å². The fourth-order valence-electron chi connectivity index (χ4n) is 2.41. The molecule has 0 aromatic heterocycles. The van der Waals surface area contributed by atoms with Gasteiger partial charge in [0.1, 0.15) is 12.4 Å².